The van der Waals surface area contributed by atoms with Gasteiger partial charge < -0.3 is 25.0 Å². The first-order valence-electron chi connectivity index (χ1n) is 14.0. The summed E-state index contributed by atoms with van der Waals surface area (Å²) in [5, 5.41) is 14.4. The van der Waals surface area contributed by atoms with Gasteiger partial charge in [-0.2, -0.15) is 0 Å². The van der Waals surface area contributed by atoms with E-state index in [-0.39, 0.29) is 30.6 Å². The van der Waals surface area contributed by atoms with E-state index in [1.165, 1.54) is 17.5 Å². The van der Waals surface area contributed by atoms with Crippen molar-refractivity contribution in [2.75, 3.05) is 38.0 Å². The molecule has 2 saturated heterocycles. The highest BCUT2D eigenvalue weighted by atomic mass is 16.6. The van der Waals surface area contributed by atoms with Crippen LogP contribution in [-0.2, 0) is 17.7 Å². The van der Waals surface area contributed by atoms with E-state index in [9.17, 15) is 14.7 Å². The van der Waals surface area contributed by atoms with Gasteiger partial charge in [-0.05, 0) is 57.6 Å². The fourth-order valence-corrected chi connectivity index (χ4v) is 5.79. The van der Waals surface area contributed by atoms with Gasteiger partial charge in [-0.15, -0.1) is 0 Å². The van der Waals surface area contributed by atoms with E-state index < -0.39 is 11.7 Å². The number of aromatic nitrogens is 2. The topological polar surface area (TPSA) is 111 Å². The number of rotatable bonds is 4. The van der Waals surface area contributed by atoms with Gasteiger partial charge in [0.15, 0.2) is 0 Å². The minimum Gasteiger partial charge on any atom is -0.444 e. The van der Waals surface area contributed by atoms with Crippen LogP contribution in [0.2, 0.25) is 0 Å². The third-order valence-electron chi connectivity index (χ3n) is 7.85. The summed E-state index contributed by atoms with van der Waals surface area (Å²) in [7, 11) is 0. The number of carbonyl (C=O) groups excluding carboxylic acids is 2. The van der Waals surface area contributed by atoms with Crippen LogP contribution < -0.4 is 5.32 Å². The maximum Gasteiger partial charge on any atom is 0.410 e. The van der Waals surface area contributed by atoms with Crippen LogP contribution in [0.5, 0.6) is 0 Å². The van der Waals surface area contributed by atoms with Crippen LogP contribution in [0.25, 0.3) is 0 Å². The molecule has 210 valence electrons. The average Bonchev–Trinajstić information content (AvgIpc) is 2.92. The number of ether oxygens (including phenoxy) is 1. The fraction of sp³-hybridized carbons (Fsp3) is 0.586. The molecule has 5 rings (SSSR count). The summed E-state index contributed by atoms with van der Waals surface area (Å²) in [4.78, 5) is 40.0. The molecular formula is C29H40N6O4. The molecular weight excluding hydrogens is 496 g/mol. The van der Waals surface area contributed by atoms with Gasteiger partial charge in [-0.25, -0.2) is 14.8 Å². The summed E-state index contributed by atoms with van der Waals surface area (Å²) in [6.07, 6.45) is 3.73. The van der Waals surface area contributed by atoms with Crippen molar-refractivity contribution in [1.29, 1.82) is 0 Å². The molecule has 0 radical (unpaired) electrons. The minimum atomic E-state index is -0.609. The normalized spacial score (nSPS) is 22.8. The Morgan fingerprint density at radius 1 is 1.00 bits per heavy atom. The zero-order chi connectivity index (χ0) is 27.6. The highest BCUT2D eigenvalue weighted by molar-refractivity contribution is 5.93. The first-order chi connectivity index (χ1) is 18.7. The number of hydrogen-bond acceptors (Lipinski definition) is 8. The van der Waals surface area contributed by atoms with E-state index in [0.717, 1.165) is 38.8 Å². The van der Waals surface area contributed by atoms with Crippen molar-refractivity contribution in [3.05, 3.63) is 53.5 Å². The third-order valence-corrected chi connectivity index (χ3v) is 7.85. The molecule has 3 aliphatic rings. The maximum atomic E-state index is 13.3. The summed E-state index contributed by atoms with van der Waals surface area (Å²) >= 11 is 0. The molecule has 2 fully saturated rings. The van der Waals surface area contributed by atoms with Crippen LogP contribution in [0.3, 0.4) is 0 Å². The van der Waals surface area contributed by atoms with Crippen molar-refractivity contribution in [1.82, 2.24) is 24.7 Å². The first-order valence-corrected chi connectivity index (χ1v) is 14.0. The van der Waals surface area contributed by atoms with Crippen LogP contribution in [-0.4, -0.2) is 98.3 Å². The monoisotopic (exact) mass is 536 g/mol. The summed E-state index contributed by atoms with van der Waals surface area (Å²) in [6, 6.07) is 10.3. The molecule has 10 nitrogen and oxygen atoms in total. The number of carbonyl (C=O) groups is 2. The lowest BCUT2D eigenvalue weighted by Gasteiger charge is -2.43. The molecule has 0 aliphatic carbocycles. The highest BCUT2D eigenvalue weighted by Crippen LogP contribution is 2.26. The first kappa shape index (κ1) is 27.3. The van der Waals surface area contributed by atoms with E-state index in [1.54, 1.807) is 15.9 Å². The lowest BCUT2D eigenvalue weighted by atomic mass is 9.94. The van der Waals surface area contributed by atoms with Crippen LogP contribution in [0, 0.1) is 0 Å². The molecule has 2 aromatic rings. The van der Waals surface area contributed by atoms with Gasteiger partial charge in [-0.3, -0.25) is 9.69 Å². The Labute approximate surface area is 230 Å². The molecule has 0 spiro atoms. The lowest BCUT2D eigenvalue weighted by molar-refractivity contribution is -0.0139. The van der Waals surface area contributed by atoms with E-state index in [1.807, 2.05) is 20.8 Å². The van der Waals surface area contributed by atoms with Crippen molar-refractivity contribution in [3.8, 4) is 0 Å². The van der Waals surface area contributed by atoms with Gasteiger partial charge >= 0.3 is 6.09 Å². The number of nitrogens with zero attached hydrogens (tertiary/aromatic N) is 5. The highest BCUT2D eigenvalue weighted by Gasteiger charge is 2.36. The Hall–Kier alpha value is -3.24. The second kappa shape index (κ2) is 11.5. The number of aliphatic hydroxyl groups is 1. The van der Waals surface area contributed by atoms with Crippen molar-refractivity contribution >= 4 is 17.8 Å². The summed E-state index contributed by atoms with van der Waals surface area (Å²) < 4.78 is 5.48. The van der Waals surface area contributed by atoms with Crippen LogP contribution in [0.1, 0.15) is 61.6 Å². The van der Waals surface area contributed by atoms with Gasteiger partial charge in [-0.1, -0.05) is 24.3 Å². The number of anilines is 1. The summed E-state index contributed by atoms with van der Waals surface area (Å²) in [6.45, 7) is 9.41. The molecule has 2 N–H and O–H groups in total. The molecule has 4 heterocycles. The zero-order valence-electron chi connectivity index (χ0n) is 23.2. The molecule has 10 heteroatoms. The molecule has 39 heavy (non-hydrogen) atoms. The number of benzene rings is 1. The Balaban J connectivity index is 1.13. The predicted octanol–water partition coefficient (Wildman–Crippen LogP) is 2.92. The van der Waals surface area contributed by atoms with Gasteiger partial charge in [0.1, 0.15) is 23.4 Å². The molecule has 3 aliphatic heterocycles. The quantitative estimate of drug-likeness (QED) is 0.614. The van der Waals surface area contributed by atoms with Crippen molar-refractivity contribution < 1.29 is 19.4 Å². The second-order valence-electron chi connectivity index (χ2n) is 11.8. The summed E-state index contributed by atoms with van der Waals surface area (Å²) in [5.41, 5.74) is 2.51. The van der Waals surface area contributed by atoms with E-state index in [0.29, 0.717) is 31.1 Å². The van der Waals surface area contributed by atoms with Gasteiger partial charge in [0.05, 0.1) is 6.10 Å². The molecule has 2 amide bonds. The number of piperidine rings is 2. The Kier molecular flexibility index (Phi) is 8.04. The van der Waals surface area contributed by atoms with Crippen molar-refractivity contribution in [3.63, 3.8) is 0 Å². The van der Waals surface area contributed by atoms with Gasteiger partial charge in [0.25, 0.3) is 5.91 Å². The third kappa shape index (κ3) is 6.67. The Bertz CT molecular complexity index is 1180. The Morgan fingerprint density at radius 3 is 2.44 bits per heavy atom. The number of aliphatic hydroxyl groups excluding tert-OH is 1. The standard InChI is InChI=1S/C29H40N6O4/c1-29(2,3)39-28(38)33-13-9-22(10-14-33)32-26-16-23(30-19-31-26)27(37)35-15-11-24(25(36)18-35)34-12-8-20-6-4-5-7-21(20)17-34/h4-7,16,19,22,24-25,36H,8-15,17-18H2,1-3H3,(H,30,31,32). The molecule has 1 aromatic carbocycles. The molecule has 2 atom stereocenters. The molecule has 0 saturated carbocycles. The van der Waals surface area contributed by atoms with Gasteiger partial charge in [0, 0.05) is 57.4 Å². The number of β-amino-alcohol motifs (C(OH)–C–C–N with tert-alkyl or cyclic N) is 1. The predicted molar refractivity (Wildman–Crippen MR) is 147 cm³/mol. The van der Waals surface area contributed by atoms with Crippen LogP contribution in [0.15, 0.2) is 36.7 Å². The number of amides is 2. The lowest BCUT2D eigenvalue weighted by Crippen LogP contribution is -2.56. The molecule has 0 bridgehead atoms. The average molecular weight is 537 g/mol. The van der Waals surface area contributed by atoms with Crippen molar-refractivity contribution in [2.45, 2.75) is 76.8 Å². The Morgan fingerprint density at radius 2 is 1.72 bits per heavy atom. The second-order valence-corrected chi connectivity index (χ2v) is 11.8. The largest absolute Gasteiger partial charge is 0.444 e. The number of likely N-dealkylation sites (tertiary alicyclic amines) is 2. The number of nitrogens with one attached hydrogen (secondary N) is 1. The summed E-state index contributed by atoms with van der Waals surface area (Å²) in [5.74, 6) is 0.396. The van der Waals surface area contributed by atoms with Gasteiger partial charge in [0.2, 0.25) is 0 Å². The molecule has 2 unspecified atom stereocenters. The van der Waals surface area contributed by atoms with Crippen molar-refractivity contribution in [2.24, 2.45) is 0 Å². The van der Waals surface area contributed by atoms with Crippen LogP contribution in [0.4, 0.5) is 10.6 Å². The SMILES string of the molecule is CC(C)(C)OC(=O)N1CCC(Nc2cc(C(=O)N3CCC(N4CCc5ccccc5C4)C(O)C3)ncn2)CC1. The van der Waals surface area contributed by atoms with E-state index >= 15 is 0 Å². The smallest absolute Gasteiger partial charge is 0.410 e. The number of hydrogen-bond donors (Lipinski definition) is 2. The van der Waals surface area contributed by atoms with E-state index in [2.05, 4.69) is 44.5 Å². The zero-order valence-corrected chi connectivity index (χ0v) is 23.2. The minimum absolute atomic E-state index is 0.0385. The maximum absolute atomic E-state index is 13.3. The van der Waals surface area contributed by atoms with Crippen LogP contribution >= 0.6 is 0 Å². The van der Waals surface area contributed by atoms with E-state index in [4.69, 9.17) is 4.74 Å². The number of fused-ring (bicyclic) bond motifs is 1. The fourth-order valence-electron chi connectivity index (χ4n) is 5.79. The molecule has 1 aromatic heterocycles.